The quantitative estimate of drug-likeness (QED) is 0.623. The zero-order valence-corrected chi connectivity index (χ0v) is 17.6. The molecular formula is C22H28N6O2. The molecular weight excluding hydrogens is 380 g/mol. The van der Waals surface area contributed by atoms with Crippen LogP contribution < -0.4 is 16.1 Å². The minimum atomic E-state index is -0.446. The average molecular weight is 409 g/mol. The largest absolute Gasteiger partial charge is 0.340 e. The Morgan fingerprint density at radius 3 is 2.50 bits per heavy atom. The van der Waals surface area contributed by atoms with Crippen LogP contribution in [-0.2, 0) is 20.0 Å². The standard InChI is InChI=1S/C22H28N6O2/c1-16(2)15-26-11-13-27(14-12-26)21-23-19-18(20(29)24-22(30)25(19)3)28(21)10-9-17-7-5-4-6-8-17/h4-8H,1,9-15H2,2-3H3,(H,24,29,30). The summed E-state index contributed by atoms with van der Waals surface area (Å²) in [5.74, 6) is 0.752. The van der Waals surface area contributed by atoms with Crippen molar-refractivity contribution in [2.75, 3.05) is 37.6 Å². The van der Waals surface area contributed by atoms with Crippen molar-refractivity contribution in [2.24, 2.45) is 7.05 Å². The number of hydrogen-bond donors (Lipinski definition) is 1. The second-order valence-corrected chi connectivity index (χ2v) is 8.01. The van der Waals surface area contributed by atoms with Gasteiger partial charge in [0, 0.05) is 46.3 Å². The van der Waals surface area contributed by atoms with Crippen molar-refractivity contribution in [1.29, 1.82) is 0 Å². The number of rotatable bonds is 6. The SMILES string of the molecule is C=C(C)CN1CCN(c2nc3c(c(=O)[nH]c(=O)n3C)n2CCc2ccccc2)CC1. The van der Waals surface area contributed by atoms with E-state index in [9.17, 15) is 9.59 Å². The average Bonchev–Trinajstić information content (AvgIpc) is 3.12. The number of imidazole rings is 1. The van der Waals surface area contributed by atoms with E-state index in [0.717, 1.165) is 50.7 Å². The molecule has 0 saturated carbocycles. The third-order valence-electron chi connectivity index (χ3n) is 5.60. The van der Waals surface area contributed by atoms with Gasteiger partial charge in [-0.05, 0) is 18.9 Å². The number of piperazine rings is 1. The number of anilines is 1. The number of hydrogen-bond acceptors (Lipinski definition) is 5. The summed E-state index contributed by atoms with van der Waals surface area (Å²) < 4.78 is 3.38. The van der Waals surface area contributed by atoms with Crippen LogP contribution in [-0.4, -0.2) is 56.7 Å². The highest BCUT2D eigenvalue weighted by molar-refractivity contribution is 5.74. The lowest BCUT2D eigenvalue weighted by Crippen LogP contribution is -2.47. The molecule has 8 heteroatoms. The van der Waals surface area contributed by atoms with Gasteiger partial charge < -0.3 is 9.47 Å². The van der Waals surface area contributed by atoms with Crippen LogP contribution in [0, 0.1) is 0 Å². The van der Waals surface area contributed by atoms with Crippen LogP contribution in [0.3, 0.4) is 0 Å². The monoisotopic (exact) mass is 408 g/mol. The van der Waals surface area contributed by atoms with E-state index >= 15 is 0 Å². The Hall–Kier alpha value is -3.13. The number of aromatic amines is 1. The topological polar surface area (TPSA) is 79.2 Å². The summed E-state index contributed by atoms with van der Waals surface area (Å²) in [6.07, 6.45) is 0.775. The number of benzene rings is 1. The van der Waals surface area contributed by atoms with E-state index in [4.69, 9.17) is 4.98 Å². The van der Waals surface area contributed by atoms with Crippen molar-refractivity contribution in [3.63, 3.8) is 0 Å². The van der Waals surface area contributed by atoms with E-state index in [1.807, 2.05) is 29.7 Å². The summed E-state index contributed by atoms with van der Waals surface area (Å²) in [7, 11) is 1.64. The highest BCUT2D eigenvalue weighted by Gasteiger charge is 2.24. The molecule has 1 fully saturated rings. The molecule has 1 saturated heterocycles. The van der Waals surface area contributed by atoms with Crippen LogP contribution in [0.25, 0.3) is 11.2 Å². The van der Waals surface area contributed by atoms with E-state index in [1.54, 1.807) is 7.05 Å². The molecule has 0 spiro atoms. The molecule has 8 nitrogen and oxygen atoms in total. The Morgan fingerprint density at radius 2 is 1.83 bits per heavy atom. The summed E-state index contributed by atoms with van der Waals surface area (Å²) >= 11 is 0. The molecule has 0 aliphatic carbocycles. The fraction of sp³-hybridized carbons (Fsp3) is 0.409. The minimum Gasteiger partial charge on any atom is -0.340 e. The zero-order valence-electron chi connectivity index (χ0n) is 17.6. The van der Waals surface area contributed by atoms with Gasteiger partial charge >= 0.3 is 5.69 Å². The van der Waals surface area contributed by atoms with Crippen molar-refractivity contribution >= 4 is 17.1 Å². The predicted molar refractivity (Wildman–Crippen MR) is 119 cm³/mol. The Labute approximate surface area is 175 Å². The summed E-state index contributed by atoms with van der Waals surface area (Å²) in [4.78, 5) is 36.5. The maximum Gasteiger partial charge on any atom is 0.329 e. The van der Waals surface area contributed by atoms with Gasteiger partial charge in [0.2, 0.25) is 5.95 Å². The van der Waals surface area contributed by atoms with Gasteiger partial charge in [-0.1, -0.05) is 42.5 Å². The number of fused-ring (bicyclic) bond motifs is 1. The third kappa shape index (κ3) is 3.95. The molecule has 4 rings (SSSR count). The van der Waals surface area contributed by atoms with Crippen molar-refractivity contribution in [3.8, 4) is 0 Å². The molecule has 1 N–H and O–H groups in total. The maximum atomic E-state index is 12.7. The first-order valence-corrected chi connectivity index (χ1v) is 10.3. The lowest BCUT2D eigenvalue weighted by atomic mass is 10.1. The van der Waals surface area contributed by atoms with Crippen LogP contribution in [0.1, 0.15) is 12.5 Å². The Kier molecular flexibility index (Phi) is 5.59. The molecule has 0 bridgehead atoms. The number of nitrogens with one attached hydrogen (secondary N) is 1. The fourth-order valence-corrected chi connectivity index (χ4v) is 4.05. The van der Waals surface area contributed by atoms with Crippen LogP contribution in [0.2, 0.25) is 0 Å². The molecule has 1 aliphatic heterocycles. The van der Waals surface area contributed by atoms with E-state index < -0.39 is 5.69 Å². The van der Waals surface area contributed by atoms with Gasteiger partial charge in [-0.3, -0.25) is 19.2 Å². The highest BCUT2D eigenvalue weighted by atomic mass is 16.2. The van der Waals surface area contributed by atoms with E-state index in [-0.39, 0.29) is 5.56 Å². The van der Waals surface area contributed by atoms with Crippen LogP contribution >= 0.6 is 0 Å². The second-order valence-electron chi connectivity index (χ2n) is 8.01. The van der Waals surface area contributed by atoms with Crippen LogP contribution in [0.4, 0.5) is 5.95 Å². The first-order chi connectivity index (χ1) is 14.4. The Balaban J connectivity index is 1.70. The van der Waals surface area contributed by atoms with Gasteiger partial charge in [-0.2, -0.15) is 4.98 Å². The molecule has 30 heavy (non-hydrogen) atoms. The van der Waals surface area contributed by atoms with Crippen molar-refractivity contribution in [2.45, 2.75) is 19.9 Å². The molecule has 0 amide bonds. The Morgan fingerprint density at radius 1 is 1.13 bits per heavy atom. The molecule has 3 aromatic rings. The second kappa shape index (κ2) is 8.31. The normalized spacial score (nSPS) is 15.1. The fourth-order valence-electron chi connectivity index (χ4n) is 4.05. The summed E-state index contributed by atoms with van der Waals surface area (Å²) in [5.41, 5.74) is 2.39. The molecule has 1 aliphatic rings. The molecule has 2 aromatic heterocycles. The van der Waals surface area contributed by atoms with Crippen molar-refractivity contribution in [3.05, 3.63) is 68.9 Å². The first-order valence-electron chi connectivity index (χ1n) is 10.3. The lowest BCUT2D eigenvalue weighted by Gasteiger charge is -2.35. The van der Waals surface area contributed by atoms with E-state index in [0.29, 0.717) is 17.7 Å². The number of aromatic nitrogens is 4. The number of aryl methyl sites for hydroxylation is 3. The van der Waals surface area contributed by atoms with E-state index in [1.165, 1.54) is 10.1 Å². The summed E-state index contributed by atoms with van der Waals surface area (Å²) in [5, 5.41) is 0. The first kappa shape index (κ1) is 20.2. The summed E-state index contributed by atoms with van der Waals surface area (Å²) in [6, 6.07) is 10.2. The highest BCUT2D eigenvalue weighted by Crippen LogP contribution is 2.22. The molecule has 0 radical (unpaired) electrons. The molecule has 0 unspecified atom stereocenters. The van der Waals surface area contributed by atoms with Gasteiger partial charge in [0.05, 0.1) is 0 Å². The predicted octanol–water partition coefficient (Wildman–Crippen LogP) is 1.36. The van der Waals surface area contributed by atoms with Crippen molar-refractivity contribution in [1.82, 2.24) is 24.0 Å². The number of nitrogens with zero attached hydrogens (tertiary/aromatic N) is 5. The maximum absolute atomic E-state index is 12.7. The summed E-state index contributed by atoms with van der Waals surface area (Å²) in [6.45, 7) is 11.0. The Bertz CT molecular complexity index is 1170. The van der Waals surface area contributed by atoms with Crippen LogP contribution in [0.5, 0.6) is 0 Å². The van der Waals surface area contributed by atoms with Gasteiger partial charge in [-0.15, -0.1) is 0 Å². The third-order valence-corrected chi connectivity index (χ3v) is 5.60. The molecule has 0 atom stereocenters. The molecule has 1 aromatic carbocycles. The smallest absolute Gasteiger partial charge is 0.329 e. The van der Waals surface area contributed by atoms with Gasteiger partial charge in [-0.25, -0.2) is 4.79 Å². The zero-order chi connectivity index (χ0) is 21.3. The number of H-pyrrole nitrogens is 1. The molecule has 3 heterocycles. The lowest BCUT2D eigenvalue weighted by molar-refractivity contribution is 0.276. The van der Waals surface area contributed by atoms with Crippen molar-refractivity contribution < 1.29 is 0 Å². The van der Waals surface area contributed by atoms with E-state index in [2.05, 4.69) is 33.5 Å². The van der Waals surface area contributed by atoms with Gasteiger partial charge in [0.1, 0.15) is 0 Å². The van der Waals surface area contributed by atoms with Gasteiger partial charge in [0.15, 0.2) is 11.2 Å². The van der Waals surface area contributed by atoms with Gasteiger partial charge in [0.25, 0.3) is 5.56 Å². The minimum absolute atomic E-state index is 0.388. The van der Waals surface area contributed by atoms with Crippen LogP contribution in [0.15, 0.2) is 52.1 Å². The molecule has 158 valence electrons.